The van der Waals surface area contributed by atoms with Crippen LogP contribution in [0.4, 0.5) is 0 Å². The first-order chi connectivity index (χ1) is 13.9. The zero-order chi connectivity index (χ0) is 20.8. The number of benzene rings is 1. The summed E-state index contributed by atoms with van der Waals surface area (Å²) in [6.45, 7) is 5.09. The van der Waals surface area contributed by atoms with Crippen molar-refractivity contribution in [2.24, 2.45) is 0 Å². The second kappa shape index (κ2) is 9.84. The number of thiocarbonyl (C=S) groups is 1. The topological polar surface area (TPSA) is 78.1 Å². The van der Waals surface area contributed by atoms with Gasteiger partial charge in [0.25, 0.3) is 5.91 Å². The number of rotatable bonds is 8. The number of hydrogen-bond donors (Lipinski definition) is 2. The Bertz CT molecular complexity index is 905. The number of H-pyrrole nitrogens is 1. The molecule has 29 heavy (non-hydrogen) atoms. The van der Waals surface area contributed by atoms with E-state index in [2.05, 4.69) is 41.3 Å². The summed E-state index contributed by atoms with van der Waals surface area (Å²) >= 11 is 6.62. The fourth-order valence-electron chi connectivity index (χ4n) is 2.88. The summed E-state index contributed by atoms with van der Waals surface area (Å²) in [5.41, 5.74) is 3.19. The number of carbonyl (C=O) groups excluding carboxylic acids is 2. The van der Waals surface area contributed by atoms with E-state index in [0.717, 1.165) is 11.3 Å². The lowest BCUT2D eigenvalue weighted by molar-refractivity contribution is -0.123. The number of carbonyl (C=O) groups is 2. The van der Waals surface area contributed by atoms with Gasteiger partial charge in [-0.15, -0.1) is 0 Å². The number of hydrogen-bond acceptors (Lipinski definition) is 5. The van der Waals surface area contributed by atoms with Crippen LogP contribution >= 0.6 is 24.0 Å². The van der Waals surface area contributed by atoms with Crippen molar-refractivity contribution in [3.8, 4) is 0 Å². The van der Waals surface area contributed by atoms with E-state index in [-0.39, 0.29) is 24.8 Å². The fourth-order valence-corrected chi connectivity index (χ4v) is 4.19. The number of aromatic nitrogens is 2. The van der Waals surface area contributed by atoms with E-state index >= 15 is 0 Å². The Balaban J connectivity index is 1.51. The summed E-state index contributed by atoms with van der Waals surface area (Å²) < 4.78 is 0.491. The van der Waals surface area contributed by atoms with Crippen LogP contribution in [0.15, 0.2) is 41.7 Å². The Morgan fingerprint density at radius 3 is 2.76 bits per heavy atom. The first kappa shape index (κ1) is 21.3. The van der Waals surface area contributed by atoms with Gasteiger partial charge >= 0.3 is 0 Å². The lowest BCUT2D eigenvalue weighted by Gasteiger charge is -2.14. The highest BCUT2D eigenvalue weighted by atomic mass is 32.2. The lowest BCUT2D eigenvalue weighted by atomic mass is 10.0. The summed E-state index contributed by atoms with van der Waals surface area (Å²) in [5, 5.41) is 2.85. The van der Waals surface area contributed by atoms with Crippen LogP contribution < -0.4 is 5.32 Å². The average Bonchev–Trinajstić information content (AvgIpc) is 3.29. The Morgan fingerprint density at radius 1 is 1.34 bits per heavy atom. The zero-order valence-corrected chi connectivity index (χ0v) is 18.1. The zero-order valence-electron chi connectivity index (χ0n) is 16.5. The molecule has 0 aliphatic carbocycles. The summed E-state index contributed by atoms with van der Waals surface area (Å²) in [6.07, 6.45) is 6.10. The molecule has 8 heteroatoms. The van der Waals surface area contributed by atoms with Gasteiger partial charge in [0, 0.05) is 37.8 Å². The SMILES string of the molecule is CC(C)c1ccc(C=C2SC(=S)N(CCC(=O)NCCc3cnc[nH]3)C2=O)cc1. The molecule has 1 fully saturated rings. The minimum Gasteiger partial charge on any atom is -0.356 e. The second-order valence-electron chi connectivity index (χ2n) is 7.08. The first-order valence-electron chi connectivity index (χ1n) is 9.53. The van der Waals surface area contributed by atoms with E-state index in [1.165, 1.54) is 22.2 Å². The number of nitrogens with one attached hydrogen (secondary N) is 2. The Hall–Kier alpha value is -2.45. The second-order valence-corrected chi connectivity index (χ2v) is 8.76. The van der Waals surface area contributed by atoms with Crippen LogP contribution in [0.3, 0.4) is 0 Å². The quantitative estimate of drug-likeness (QED) is 0.497. The summed E-state index contributed by atoms with van der Waals surface area (Å²) in [5.74, 6) is 0.220. The van der Waals surface area contributed by atoms with Crippen LogP contribution in [-0.2, 0) is 16.0 Å². The van der Waals surface area contributed by atoms with Crippen LogP contribution in [0.2, 0.25) is 0 Å². The third-order valence-electron chi connectivity index (χ3n) is 4.61. The van der Waals surface area contributed by atoms with Crippen molar-refractivity contribution in [1.29, 1.82) is 0 Å². The number of amides is 2. The molecular weight excluding hydrogens is 404 g/mol. The van der Waals surface area contributed by atoms with Crippen molar-refractivity contribution in [3.05, 3.63) is 58.5 Å². The van der Waals surface area contributed by atoms with E-state index in [1.807, 2.05) is 18.2 Å². The molecule has 6 nitrogen and oxygen atoms in total. The Kier molecular flexibility index (Phi) is 7.22. The van der Waals surface area contributed by atoms with Crippen molar-refractivity contribution in [1.82, 2.24) is 20.2 Å². The molecule has 3 rings (SSSR count). The minimum absolute atomic E-state index is 0.105. The normalized spacial score (nSPS) is 15.6. The smallest absolute Gasteiger partial charge is 0.266 e. The molecule has 2 N–H and O–H groups in total. The third-order valence-corrected chi connectivity index (χ3v) is 5.99. The molecule has 0 saturated carbocycles. The molecule has 152 valence electrons. The van der Waals surface area contributed by atoms with Crippen LogP contribution in [-0.4, -0.2) is 44.1 Å². The highest BCUT2D eigenvalue weighted by Crippen LogP contribution is 2.32. The van der Waals surface area contributed by atoms with Crippen molar-refractivity contribution < 1.29 is 9.59 Å². The van der Waals surface area contributed by atoms with Crippen molar-refractivity contribution in [2.45, 2.75) is 32.6 Å². The van der Waals surface area contributed by atoms with Crippen LogP contribution in [0.25, 0.3) is 6.08 Å². The molecule has 0 atom stereocenters. The van der Waals surface area contributed by atoms with Crippen molar-refractivity contribution >= 4 is 46.2 Å². The maximum Gasteiger partial charge on any atom is 0.266 e. The maximum atomic E-state index is 12.7. The molecule has 0 bridgehead atoms. The number of imidazole rings is 1. The fraction of sp³-hybridized carbons (Fsp3) is 0.333. The van der Waals surface area contributed by atoms with Gasteiger partial charge in [-0.25, -0.2) is 4.98 Å². The molecule has 0 unspecified atom stereocenters. The molecular formula is C21H24N4O2S2. The summed E-state index contributed by atoms with van der Waals surface area (Å²) in [4.78, 5) is 33.8. The van der Waals surface area contributed by atoms with Gasteiger partial charge in [-0.2, -0.15) is 0 Å². The first-order valence-corrected chi connectivity index (χ1v) is 10.8. The Labute approximate surface area is 180 Å². The predicted octanol–water partition coefficient (Wildman–Crippen LogP) is 3.48. The van der Waals surface area contributed by atoms with E-state index in [1.54, 1.807) is 12.5 Å². The number of thioether (sulfide) groups is 1. The molecule has 1 aliphatic rings. The Morgan fingerprint density at radius 2 is 2.10 bits per heavy atom. The molecule has 1 saturated heterocycles. The molecule has 1 aliphatic heterocycles. The van der Waals surface area contributed by atoms with Gasteiger partial charge in [0.05, 0.1) is 11.2 Å². The van der Waals surface area contributed by atoms with Gasteiger partial charge in [0.2, 0.25) is 5.91 Å². The van der Waals surface area contributed by atoms with Crippen LogP contribution in [0.1, 0.15) is 43.0 Å². The summed E-state index contributed by atoms with van der Waals surface area (Å²) in [7, 11) is 0. The highest BCUT2D eigenvalue weighted by molar-refractivity contribution is 8.26. The minimum atomic E-state index is -0.141. The molecule has 1 aromatic heterocycles. The number of aromatic amines is 1. The van der Waals surface area contributed by atoms with E-state index in [9.17, 15) is 9.59 Å². The molecule has 2 amide bonds. The van der Waals surface area contributed by atoms with E-state index < -0.39 is 0 Å². The maximum absolute atomic E-state index is 12.7. The molecule has 0 spiro atoms. The summed E-state index contributed by atoms with van der Waals surface area (Å²) in [6, 6.07) is 8.17. The predicted molar refractivity (Wildman–Crippen MR) is 120 cm³/mol. The van der Waals surface area contributed by atoms with Gasteiger partial charge in [0.1, 0.15) is 4.32 Å². The molecule has 2 aromatic rings. The molecule has 2 heterocycles. The van der Waals surface area contributed by atoms with E-state index in [0.29, 0.717) is 28.1 Å². The number of nitrogens with zero attached hydrogens (tertiary/aromatic N) is 2. The largest absolute Gasteiger partial charge is 0.356 e. The van der Waals surface area contributed by atoms with Gasteiger partial charge in [-0.1, -0.05) is 62.1 Å². The average molecular weight is 429 g/mol. The van der Waals surface area contributed by atoms with Crippen molar-refractivity contribution in [3.63, 3.8) is 0 Å². The van der Waals surface area contributed by atoms with Crippen LogP contribution in [0, 0.1) is 0 Å². The standard InChI is InChI=1S/C21H24N4O2S2/c1-14(2)16-5-3-15(4-6-16)11-18-20(27)25(21(28)29-18)10-8-19(26)23-9-7-17-12-22-13-24-17/h3-6,11-14H,7-10H2,1-2H3,(H,22,24)(H,23,26). The van der Waals surface area contributed by atoms with Gasteiger partial charge < -0.3 is 10.3 Å². The van der Waals surface area contributed by atoms with Crippen molar-refractivity contribution in [2.75, 3.05) is 13.1 Å². The monoisotopic (exact) mass is 428 g/mol. The third kappa shape index (κ3) is 5.77. The molecule has 1 aromatic carbocycles. The van der Waals surface area contributed by atoms with Gasteiger partial charge in [-0.05, 0) is 23.1 Å². The van der Waals surface area contributed by atoms with Crippen LogP contribution in [0.5, 0.6) is 0 Å². The van der Waals surface area contributed by atoms with E-state index in [4.69, 9.17) is 12.2 Å². The van der Waals surface area contributed by atoms with Gasteiger partial charge in [-0.3, -0.25) is 14.5 Å². The highest BCUT2D eigenvalue weighted by Gasteiger charge is 2.32. The lowest BCUT2D eigenvalue weighted by Crippen LogP contribution is -2.34. The molecule has 0 radical (unpaired) electrons. The van der Waals surface area contributed by atoms with Gasteiger partial charge in [0.15, 0.2) is 0 Å².